The number of anilines is 1. The molecule has 2 aromatic carbocycles. The van der Waals surface area contributed by atoms with Crippen LogP contribution < -0.4 is 10.1 Å². The van der Waals surface area contributed by atoms with Crippen LogP contribution in [-0.2, 0) is 11.3 Å². The molecule has 122 valence electrons. The predicted molar refractivity (Wildman–Crippen MR) is 99.7 cm³/mol. The first-order valence-corrected chi connectivity index (χ1v) is 8.04. The zero-order chi connectivity index (χ0) is 17.0. The van der Waals surface area contributed by atoms with Crippen LogP contribution in [0, 0.1) is 20.8 Å². The van der Waals surface area contributed by atoms with E-state index in [1.54, 1.807) is 0 Å². The fourth-order valence-corrected chi connectivity index (χ4v) is 2.57. The molecule has 3 nitrogen and oxygen atoms in total. The molecule has 0 amide bonds. The molecule has 0 aliphatic rings. The van der Waals surface area contributed by atoms with Crippen LogP contribution in [0.1, 0.15) is 22.3 Å². The van der Waals surface area contributed by atoms with Crippen molar-refractivity contribution in [1.82, 2.24) is 0 Å². The number of halogens is 1. The average molecular weight is 350 g/mol. The van der Waals surface area contributed by atoms with Crippen molar-refractivity contribution in [3.8, 4) is 5.75 Å². The molecule has 0 saturated heterocycles. The lowest BCUT2D eigenvalue weighted by Crippen LogP contribution is -2.13. The number of aryl methyl sites for hydroxylation is 3. The Labute approximate surface area is 147 Å². The van der Waals surface area contributed by atoms with E-state index in [-0.39, 0.29) is 0 Å². The SMILES string of the molecule is COC(=S)Nc1cccc(C)c1COc1cc(C)c(C)cc1Cl. The Balaban J connectivity index is 2.23. The third-order valence-corrected chi connectivity index (χ3v) is 4.32. The normalized spacial score (nSPS) is 10.3. The van der Waals surface area contributed by atoms with Gasteiger partial charge in [-0.15, -0.1) is 0 Å². The molecular formula is C18H20ClNO2S. The van der Waals surface area contributed by atoms with Crippen LogP contribution in [-0.4, -0.2) is 12.3 Å². The minimum Gasteiger partial charge on any atom is -0.487 e. The van der Waals surface area contributed by atoms with Gasteiger partial charge < -0.3 is 14.8 Å². The number of ether oxygens (including phenoxy) is 2. The third-order valence-electron chi connectivity index (χ3n) is 3.75. The maximum Gasteiger partial charge on any atom is 0.260 e. The molecule has 0 spiro atoms. The zero-order valence-electron chi connectivity index (χ0n) is 13.7. The van der Waals surface area contributed by atoms with Crippen molar-refractivity contribution in [2.24, 2.45) is 0 Å². The number of hydrogen-bond donors (Lipinski definition) is 1. The molecule has 2 rings (SSSR count). The second kappa shape index (κ2) is 7.66. The number of methoxy groups -OCH3 is 1. The Hall–Kier alpha value is -1.78. The summed E-state index contributed by atoms with van der Waals surface area (Å²) in [6.45, 7) is 6.49. The molecule has 0 atom stereocenters. The first-order valence-electron chi connectivity index (χ1n) is 7.25. The molecule has 0 radical (unpaired) electrons. The van der Waals surface area contributed by atoms with Gasteiger partial charge in [0.1, 0.15) is 12.4 Å². The molecule has 0 aliphatic heterocycles. The molecule has 2 aromatic rings. The van der Waals surface area contributed by atoms with E-state index in [9.17, 15) is 0 Å². The molecule has 0 heterocycles. The predicted octanol–water partition coefficient (Wildman–Crippen LogP) is 5.19. The first-order chi connectivity index (χ1) is 10.9. The van der Waals surface area contributed by atoms with Gasteiger partial charge in [-0.05, 0) is 67.9 Å². The summed E-state index contributed by atoms with van der Waals surface area (Å²) < 4.78 is 11.0. The van der Waals surface area contributed by atoms with Gasteiger partial charge >= 0.3 is 0 Å². The summed E-state index contributed by atoms with van der Waals surface area (Å²) in [7, 11) is 1.54. The van der Waals surface area contributed by atoms with Crippen molar-refractivity contribution < 1.29 is 9.47 Å². The van der Waals surface area contributed by atoms with Crippen LogP contribution in [0.5, 0.6) is 5.75 Å². The van der Waals surface area contributed by atoms with Crippen LogP contribution in [0.3, 0.4) is 0 Å². The van der Waals surface area contributed by atoms with E-state index in [4.69, 9.17) is 33.3 Å². The molecule has 0 unspecified atom stereocenters. The standard InChI is InChI=1S/C18H20ClNO2S/c1-11-6-5-7-16(20-18(23)21-4)14(11)10-22-17-9-13(3)12(2)8-15(17)19/h5-9H,10H2,1-4H3,(H,20,23). The number of benzene rings is 2. The van der Waals surface area contributed by atoms with E-state index in [0.717, 1.165) is 27.9 Å². The Kier molecular flexibility index (Phi) is 5.85. The number of nitrogens with one attached hydrogen (secondary N) is 1. The molecule has 0 bridgehead atoms. The van der Waals surface area contributed by atoms with Crippen molar-refractivity contribution in [1.29, 1.82) is 0 Å². The van der Waals surface area contributed by atoms with Crippen molar-refractivity contribution in [3.63, 3.8) is 0 Å². The lowest BCUT2D eigenvalue weighted by molar-refractivity contribution is 0.306. The van der Waals surface area contributed by atoms with Gasteiger partial charge in [0.25, 0.3) is 5.17 Å². The summed E-state index contributed by atoms with van der Waals surface area (Å²) in [5.41, 5.74) is 5.28. The maximum atomic E-state index is 6.27. The van der Waals surface area contributed by atoms with E-state index in [1.165, 1.54) is 7.11 Å². The fraction of sp³-hybridized carbons (Fsp3) is 0.278. The van der Waals surface area contributed by atoms with Crippen molar-refractivity contribution in [2.45, 2.75) is 27.4 Å². The van der Waals surface area contributed by atoms with Gasteiger partial charge in [-0.3, -0.25) is 0 Å². The van der Waals surface area contributed by atoms with E-state index in [0.29, 0.717) is 22.6 Å². The smallest absolute Gasteiger partial charge is 0.260 e. The minimum absolute atomic E-state index is 0.320. The topological polar surface area (TPSA) is 30.5 Å². The van der Waals surface area contributed by atoms with E-state index < -0.39 is 0 Å². The van der Waals surface area contributed by atoms with E-state index >= 15 is 0 Å². The van der Waals surface area contributed by atoms with Gasteiger partial charge in [-0.2, -0.15) is 0 Å². The van der Waals surface area contributed by atoms with Crippen molar-refractivity contribution >= 4 is 34.7 Å². The van der Waals surface area contributed by atoms with Gasteiger partial charge in [-0.25, -0.2) is 0 Å². The van der Waals surface area contributed by atoms with Crippen LogP contribution in [0.2, 0.25) is 5.02 Å². The average Bonchev–Trinajstić information content (AvgIpc) is 2.51. The van der Waals surface area contributed by atoms with Crippen LogP contribution in [0.25, 0.3) is 0 Å². The van der Waals surface area contributed by atoms with Gasteiger partial charge in [0.2, 0.25) is 0 Å². The molecule has 1 N–H and O–H groups in total. The molecule has 0 fully saturated rings. The fourth-order valence-electron chi connectivity index (χ4n) is 2.19. The van der Waals surface area contributed by atoms with Gasteiger partial charge in [0, 0.05) is 11.3 Å². The highest BCUT2D eigenvalue weighted by atomic mass is 35.5. The summed E-state index contributed by atoms with van der Waals surface area (Å²) in [6.07, 6.45) is 0. The molecule has 5 heteroatoms. The first kappa shape index (κ1) is 17.6. The van der Waals surface area contributed by atoms with Crippen molar-refractivity contribution in [2.75, 3.05) is 12.4 Å². The number of thiocarbonyl (C=S) groups is 1. The molecule has 23 heavy (non-hydrogen) atoms. The Morgan fingerprint density at radius 1 is 1.13 bits per heavy atom. The van der Waals surface area contributed by atoms with Crippen molar-refractivity contribution in [3.05, 3.63) is 57.6 Å². The lowest BCUT2D eigenvalue weighted by atomic mass is 10.1. The molecular weight excluding hydrogens is 330 g/mol. The Morgan fingerprint density at radius 3 is 2.52 bits per heavy atom. The second-order valence-corrected chi connectivity index (χ2v) is 6.15. The summed E-state index contributed by atoms with van der Waals surface area (Å²) in [4.78, 5) is 0. The van der Waals surface area contributed by atoms with Crippen LogP contribution in [0.15, 0.2) is 30.3 Å². The van der Waals surface area contributed by atoms with E-state index in [1.807, 2.05) is 51.1 Å². The van der Waals surface area contributed by atoms with Gasteiger partial charge in [0.15, 0.2) is 0 Å². The lowest BCUT2D eigenvalue weighted by Gasteiger charge is -2.16. The van der Waals surface area contributed by atoms with Gasteiger partial charge in [0.05, 0.1) is 12.1 Å². The Morgan fingerprint density at radius 2 is 1.83 bits per heavy atom. The quantitative estimate of drug-likeness (QED) is 0.770. The highest BCUT2D eigenvalue weighted by molar-refractivity contribution is 7.80. The minimum atomic E-state index is 0.320. The summed E-state index contributed by atoms with van der Waals surface area (Å²) in [5, 5.41) is 4.00. The van der Waals surface area contributed by atoms with Crippen LogP contribution in [0.4, 0.5) is 5.69 Å². The largest absolute Gasteiger partial charge is 0.487 e. The Bertz CT molecular complexity index is 731. The highest BCUT2D eigenvalue weighted by Gasteiger charge is 2.10. The third kappa shape index (κ3) is 4.36. The summed E-state index contributed by atoms with van der Waals surface area (Å²) in [6, 6.07) is 9.81. The maximum absolute atomic E-state index is 6.27. The molecule has 0 saturated carbocycles. The zero-order valence-corrected chi connectivity index (χ0v) is 15.3. The highest BCUT2D eigenvalue weighted by Crippen LogP contribution is 2.30. The van der Waals surface area contributed by atoms with E-state index in [2.05, 4.69) is 5.32 Å². The van der Waals surface area contributed by atoms with Gasteiger partial charge in [-0.1, -0.05) is 23.7 Å². The number of rotatable bonds is 4. The summed E-state index contributed by atoms with van der Waals surface area (Å²) >= 11 is 11.3. The molecule has 0 aliphatic carbocycles. The molecule has 0 aromatic heterocycles. The van der Waals surface area contributed by atoms with Crippen LogP contribution >= 0.6 is 23.8 Å². The summed E-state index contributed by atoms with van der Waals surface area (Å²) in [5.74, 6) is 0.679. The second-order valence-electron chi connectivity index (χ2n) is 5.37. The monoisotopic (exact) mass is 349 g/mol. The number of hydrogen-bond acceptors (Lipinski definition) is 3.